The van der Waals surface area contributed by atoms with Crippen LogP contribution in [0.15, 0.2) is 83.7 Å². The summed E-state index contributed by atoms with van der Waals surface area (Å²) in [6.45, 7) is 0. The van der Waals surface area contributed by atoms with Crippen molar-refractivity contribution in [2.75, 3.05) is 0 Å². The topological polar surface area (TPSA) is 60.6 Å². The molecule has 0 unspecified atom stereocenters. The third-order valence-corrected chi connectivity index (χ3v) is 5.50. The second-order valence-electron chi connectivity index (χ2n) is 7.02. The number of oxazole rings is 1. The smallest absolute Gasteiger partial charge is 0.306 e. The van der Waals surface area contributed by atoms with Crippen molar-refractivity contribution in [2.24, 2.45) is 0 Å². The van der Waals surface area contributed by atoms with Crippen LogP contribution in [-0.2, 0) is 0 Å². The zero-order valence-corrected chi connectivity index (χ0v) is 16.7. The Morgan fingerprint density at radius 1 is 0.871 bits per heavy atom. The Hall–Kier alpha value is -3.97. The van der Waals surface area contributed by atoms with Gasteiger partial charge >= 0.3 is 5.84 Å². The molecule has 0 aliphatic rings. The Kier molecular flexibility index (Phi) is 3.91. The minimum Gasteiger partial charge on any atom is -0.432 e. The standard InChI is InChI=1S/C23H13ClFN5O/c24-18-4-2-1-3-17(18)22-28-27-19-10-7-15(13-30(19)22)21-20(14-5-8-16(25)9-6-14)26-23-29(21)11-12-31-23/h1-13H. The summed E-state index contributed by atoms with van der Waals surface area (Å²) in [6, 6.07) is 17.6. The molecular weight excluding hydrogens is 417 g/mol. The van der Waals surface area contributed by atoms with Crippen LogP contribution in [0.1, 0.15) is 0 Å². The van der Waals surface area contributed by atoms with Crippen LogP contribution < -0.4 is 0 Å². The predicted octanol–water partition coefficient (Wildman–Crippen LogP) is 5.76. The fourth-order valence-electron chi connectivity index (χ4n) is 3.73. The van der Waals surface area contributed by atoms with E-state index in [1.165, 1.54) is 12.1 Å². The van der Waals surface area contributed by atoms with Gasteiger partial charge in [-0.2, -0.15) is 4.98 Å². The van der Waals surface area contributed by atoms with E-state index < -0.39 is 0 Å². The average molecular weight is 430 g/mol. The first kappa shape index (κ1) is 17.9. The molecule has 0 spiro atoms. The van der Waals surface area contributed by atoms with E-state index in [2.05, 4.69) is 15.2 Å². The summed E-state index contributed by atoms with van der Waals surface area (Å²) in [5, 5.41) is 9.20. The number of fused-ring (bicyclic) bond motifs is 2. The first-order chi connectivity index (χ1) is 15.2. The zero-order chi connectivity index (χ0) is 20.9. The van der Waals surface area contributed by atoms with E-state index >= 15 is 0 Å². The number of benzene rings is 2. The van der Waals surface area contributed by atoms with Crippen molar-refractivity contribution < 1.29 is 8.81 Å². The summed E-state index contributed by atoms with van der Waals surface area (Å²) in [6.07, 6.45) is 5.32. The molecule has 0 saturated carbocycles. The van der Waals surface area contributed by atoms with Gasteiger partial charge in [0, 0.05) is 29.1 Å². The van der Waals surface area contributed by atoms with E-state index in [4.69, 9.17) is 16.0 Å². The van der Waals surface area contributed by atoms with Crippen molar-refractivity contribution in [3.63, 3.8) is 0 Å². The van der Waals surface area contributed by atoms with E-state index in [0.717, 1.165) is 22.4 Å². The fourth-order valence-corrected chi connectivity index (χ4v) is 3.95. The third kappa shape index (κ3) is 2.82. The van der Waals surface area contributed by atoms with Crippen molar-refractivity contribution in [3.05, 3.63) is 90.2 Å². The van der Waals surface area contributed by atoms with Crippen LogP contribution >= 0.6 is 11.6 Å². The molecule has 0 N–H and O–H groups in total. The molecule has 0 radical (unpaired) electrons. The van der Waals surface area contributed by atoms with Gasteiger partial charge in [0.25, 0.3) is 0 Å². The van der Waals surface area contributed by atoms with E-state index in [0.29, 0.717) is 28.0 Å². The molecular formula is C23H13ClFN5O. The van der Waals surface area contributed by atoms with Gasteiger partial charge in [0.15, 0.2) is 11.5 Å². The van der Waals surface area contributed by atoms with Gasteiger partial charge in [0.1, 0.15) is 17.8 Å². The molecule has 0 amide bonds. The normalized spacial score (nSPS) is 11.5. The Bertz CT molecular complexity index is 1560. The molecule has 0 saturated heterocycles. The SMILES string of the molecule is Fc1ccc(-c2nc3occn3c2-c2ccc3nnc(-c4ccccc4Cl)n3c2)cc1. The Labute approximate surface area is 180 Å². The van der Waals surface area contributed by atoms with E-state index in [-0.39, 0.29) is 5.82 Å². The van der Waals surface area contributed by atoms with Crippen LogP contribution in [0, 0.1) is 5.82 Å². The Balaban J connectivity index is 1.60. The summed E-state index contributed by atoms with van der Waals surface area (Å²) in [7, 11) is 0. The number of nitrogens with zero attached hydrogens (tertiary/aromatic N) is 5. The van der Waals surface area contributed by atoms with Crippen molar-refractivity contribution in [1.29, 1.82) is 0 Å². The Morgan fingerprint density at radius 2 is 1.68 bits per heavy atom. The minimum absolute atomic E-state index is 0.302. The van der Waals surface area contributed by atoms with Crippen molar-refractivity contribution >= 4 is 23.1 Å². The molecule has 6 nitrogen and oxygen atoms in total. The van der Waals surface area contributed by atoms with Crippen LogP contribution in [0.25, 0.3) is 45.4 Å². The molecule has 0 bridgehead atoms. The van der Waals surface area contributed by atoms with Crippen LogP contribution in [0.3, 0.4) is 0 Å². The molecule has 31 heavy (non-hydrogen) atoms. The van der Waals surface area contributed by atoms with Gasteiger partial charge in [-0.3, -0.25) is 8.80 Å². The highest BCUT2D eigenvalue weighted by Gasteiger charge is 2.19. The van der Waals surface area contributed by atoms with Crippen LogP contribution in [0.2, 0.25) is 5.02 Å². The van der Waals surface area contributed by atoms with Gasteiger partial charge in [0.2, 0.25) is 0 Å². The molecule has 4 heterocycles. The molecule has 4 aromatic heterocycles. The summed E-state index contributed by atoms with van der Waals surface area (Å²) in [4.78, 5) is 4.62. The lowest BCUT2D eigenvalue weighted by Crippen LogP contribution is -1.94. The van der Waals surface area contributed by atoms with Gasteiger partial charge < -0.3 is 4.42 Å². The largest absolute Gasteiger partial charge is 0.432 e. The monoisotopic (exact) mass is 429 g/mol. The van der Waals surface area contributed by atoms with E-state index in [9.17, 15) is 4.39 Å². The predicted molar refractivity (Wildman–Crippen MR) is 115 cm³/mol. The number of rotatable bonds is 3. The van der Waals surface area contributed by atoms with Gasteiger partial charge in [0.05, 0.1) is 10.7 Å². The fraction of sp³-hybridized carbons (Fsp3) is 0. The van der Waals surface area contributed by atoms with Gasteiger partial charge in [-0.25, -0.2) is 4.39 Å². The summed E-state index contributed by atoms with van der Waals surface area (Å²) in [5.41, 5.74) is 4.63. The highest BCUT2D eigenvalue weighted by Crippen LogP contribution is 2.34. The zero-order valence-electron chi connectivity index (χ0n) is 15.9. The van der Waals surface area contributed by atoms with Crippen LogP contribution in [0.5, 0.6) is 0 Å². The maximum absolute atomic E-state index is 13.5. The molecule has 0 aliphatic heterocycles. The molecule has 0 aliphatic carbocycles. The Morgan fingerprint density at radius 3 is 2.52 bits per heavy atom. The van der Waals surface area contributed by atoms with E-state index in [1.54, 1.807) is 24.6 Å². The second-order valence-corrected chi connectivity index (χ2v) is 7.43. The molecule has 8 heteroatoms. The quantitative estimate of drug-likeness (QED) is 0.358. The number of halogens is 2. The summed E-state index contributed by atoms with van der Waals surface area (Å²) >= 11 is 6.40. The van der Waals surface area contributed by atoms with Gasteiger partial charge in [-0.1, -0.05) is 23.7 Å². The van der Waals surface area contributed by atoms with Crippen molar-refractivity contribution in [1.82, 2.24) is 24.0 Å². The lowest BCUT2D eigenvalue weighted by molar-refractivity contribution is 0.596. The number of pyridine rings is 1. The lowest BCUT2D eigenvalue weighted by Gasteiger charge is -2.07. The molecule has 150 valence electrons. The first-order valence-corrected chi connectivity index (χ1v) is 9.88. The van der Waals surface area contributed by atoms with Gasteiger partial charge in [-0.05, 0) is 48.5 Å². The molecule has 6 aromatic rings. The number of hydrogen-bond acceptors (Lipinski definition) is 4. The molecule has 0 fully saturated rings. The van der Waals surface area contributed by atoms with Crippen LogP contribution in [0.4, 0.5) is 4.39 Å². The highest BCUT2D eigenvalue weighted by molar-refractivity contribution is 6.33. The second kappa shape index (κ2) is 6.78. The average Bonchev–Trinajstić information content (AvgIpc) is 3.48. The maximum atomic E-state index is 13.5. The maximum Gasteiger partial charge on any atom is 0.306 e. The van der Waals surface area contributed by atoms with Crippen LogP contribution in [-0.4, -0.2) is 24.0 Å². The van der Waals surface area contributed by atoms with Gasteiger partial charge in [-0.15, -0.1) is 10.2 Å². The highest BCUT2D eigenvalue weighted by atomic mass is 35.5. The summed E-state index contributed by atoms with van der Waals surface area (Å²) < 4.78 is 22.7. The minimum atomic E-state index is -0.302. The first-order valence-electron chi connectivity index (χ1n) is 9.50. The molecule has 0 atom stereocenters. The number of hydrogen-bond donors (Lipinski definition) is 0. The summed E-state index contributed by atoms with van der Waals surface area (Å²) in [5.74, 6) is 0.784. The van der Waals surface area contributed by atoms with E-state index in [1.807, 2.05) is 51.4 Å². The lowest BCUT2D eigenvalue weighted by atomic mass is 10.1. The molecule has 2 aromatic carbocycles. The number of imidazole rings is 1. The van der Waals surface area contributed by atoms with Crippen molar-refractivity contribution in [3.8, 4) is 33.9 Å². The number of aromatic nitrogens is 5. The third-order valence-electron chi connectivity index (χ3n) is 5.17. The van der Waals surface area contributed by atoms with Crippen molar-refractivity contribution in [2.45, 2.75) is 0 Å². The molecule has 6 rings (SSSR count).